The predicted molar refractivity (Wildman–Crippen MR) is 53.1 cm³/mol. The van der Waals surface area contributed by atoms with Crippen LogP contribution < -0.4 is 0 Å². The maximum Gasteiger partial charge on any atom is 0.400 e. The van der Waals surface area contributed by atoms with E-state index in [4.69, 9.17) is 11.6 Å². The number of carbonyl (C=O) groups excluding carboxylic acids is 1. The van der Waals surface area contributed by atoms with Gasteiger partial charge in [-0.1, -0.05) is 29.8 Å². The number of alkyl halides is 3. The molecule has 0 bridgehead atoms. The van der Waals surface area contributed by atoms with Gasteiger partial charge in [0.1, 0.15) is 5.92 Å². The van der Waals surface area contributed by atoms with Crippen molar-refractivity contribution < 1.29 is 18.0 Å². The van der Waals surface area contributed by atoms with Crippen molar-refractivity contribution in [3.05, 3.63) is 34.9 Å². The van der Waals surface area contributed by atoms with Gasteiger partial charge in [-0.2, -0.15) is 13.2 Å². The summed E-state index contributed by atoms with van der Waals surface area (Å²) in [5, 5.41) is -0.00593. The highest BCUT2D eigenvalue weighted by Gasteiger charge is 2.44. The molecule has 0 saturated carbocycles. The first kappa shape index (κ1) is 11.1. The number of allylic oxidation sites excluding steroid dienone is 5. The van der Waals surface area contributed by atoms with Crippen molar-refractivity contribution in [3.8, 4) is 0 Å². The number of rotatable bonds is 0. The van der Waals surface area contributed by atoms with Gasteiger partial charge in [-0.3, -0.25) is 4.79 Å². The van der Waals surface area contributed by atoms with Crippen LogP contribution in [0.5, 0.6) is 0 Å². The summed E-state index contributed by atoms with van der Waals surface area (Å²) in [6.45, 7) is 0. The quantitative estimate of drug-likeness (QED) is 0.647. The van der Waals surface area contributed by atoms with Gasteiger partial charge in [0, 0.05) is 11.6 Å². The van der Waals surface area contributed by atoms with Gasteiger partial charge in [-0.25, -0.2) is 4.99 Å². The highest BCUT2D eigenvalue weighted by atomic mass is 35.5. The first-order chi connectivity index (χ1) is 7.39. The molecule has 1 aliphatic heterocycles. The first-order valence-corrected chi connectivity index (χ1v) is 4.73. The van der Waals surface area contributed by atoms with E-state index in [1.165, 1.54) is 12.2 Å². The molecule has 0 spiro atoms. The smallest absolute Gasteiger partial charge is 0.267 e. The van der Waals surface area contributed by atoms with Gasteiger partial charge in [-0.05, 0) is 0 Å². The Hall–Kier alpha value is -1.36. The molecular weight excluding hydrogens is 243 g/mol. The van der Waals surface area contributed by atoms with Crippen LogP contribution in [0.1, 0.15) is 0 Å². The lowest BCUT2D eigenvalue weighted by atomic mass is 9.89. The van der Waals surface area contributed by atoms with E-state index in [0.717, 1.165) is 12.2 Å². The number of carbonyl (C=O) groups is 1. The Labute approximate surface area is 93.8 Å². The van der Waals surface area contributed by atoms with E-state index in [9.17, 15) is 18.0 Å². The number of fused-ring (bicyclic) bond motifs is 1. The van der Waals surface area contributed by atoms with Gasteiger partial charge >= 0.3 is 6.18 Å². The minimum absolute atomic E-state index is 0.00593. The first-order valence-electron chi connectivity index (χ1n) is 4.35. The van der Waals surface area contributed by atoms with Crippen molar-refractivity contribution in [2.45, 2.75) is 6.18 Å². The van der Waals surface area contributed by atoms with Crippen LogP contribution in [-0.4, -0.2) is 17.8 Å². The standard InChI is InChI=1S/C10H5ClF3NO/c11-7-4-8(16)15-9-5(7)2-1-3-6(9)10(12,13)14/h1-4,6H. The van der Waals surface area contributed by atoms with Crippen LogP contribution in [0.2, 0.25) is 0 Å². The molecule has 0 aromatic heterocycles. The van der Waals surface area contributed by atoms with Crippen molar-refractivity contribution in [2.24, 2.45) is 10.9 Å². The Kier molecular flexibility index (Phi) is 2.50. The molecule has 0 radical (unpaired) electrons. The van der Waals surface area contributed by atoms with Crippen LogP contribution in [0.4, 0.5) is 13.2 Å². The lowest BCUT2D eigenvalue weighted by Crippen LogP contribution is -2.33. The normalized spacial score (nSPS) is 24.6. The monoisotopic (exact) mass is 247 g/mol. The van der Waals surface area contributed by atoms with E-state index in [1.54, 1.807) is 0 Å². The van der Waals surface area contributed by atoms with Crippen LogP contribution in [-0.2, 0) is 4.79 Å². The van der Waals surface area contributed by atoms with Crippen molar-refractivity contribution >= 4 is 23.2 Å². The average molecular weight is 248 g/mol. The number of hydrogen-bond acceptors (Lipinski definition) is 1. The molecular formula is C10H5ClF3NO. The molecule has 0 N–H and O–H groups in total. The van der Waals surface area contributed by atoms with E-state index in [0.29, 0.717) is 0 Å². The minimum Gasteiger partial charge on any atom is -0.267 e. The second-order valence-electron chi connectivity index (χ2n) is 3.31. The van der Waals surface area contributed by atoms with E-state index in [1.807, 2.05) is 0 Å². The lowest BCUT2D eigenvalue weighted by Gasteiger charge is -2.24. The highest BCUT2D eigenvalue weighted by Crippen LogP contribution is 2.36. The SMILES string of the molecule is O=C1C=C(Cl)C2=CC=CC(C(F)(F)F)C2=N1. The lowest BCUT2D eigenvalue weighted by molar-refractivity contribution is -0.143. The fraction of sp³-hybridized carbons (Fsp3) is 0.200. The minimum atomic E-state index is -4.47. The second kappa shape index (κ2) is 3.59. The van der Waals surface area contributed by atoms with Crippen molar-refractivity contribution in [3.63, 3.8) is 0 Å². The van der Waals surface area contributed by atoms with Gasteiger partial charge in [0.15, 0.2) is 0 Å². The van der Waals surface area contributed by atoms with Gasteiger partial charge in [-0.15, -0.1) is 0 Å². The largest absolute Gasteiger partial charge is 0.400 e. The molecule has 1 atom stereocenters. The Bertz CT molecular complexity index is 471. The van der Waals surface area contributed by atoms with Crippen LogP contribution in [0.25, 0.3) is 0 Å². The van der Waals surface area contributed by atoms with Crippen LogP contribution in [0.15, 0.2) is 39.9 Å². The van der Waals surface area contributed by atoms with Gasteiger partial charge in [0.25, 0.3) is 5.91 Å². The predicted octanol–water partition coefficient (Wildman–Crippen LogP) is 2.77. The second-order valence-corrected chi connectivity index (χ2v) is 3.72. The summed E-state index contributed by atoms with van der Waals surface area (Å²) in [5.41, 5.74) is -0.168. The van der Waals surface area contributed by atoms with Gasteiger partial charge in [0.05, 0.1) is 10.7 Å². The number of halogens is 4. The summed E-state index contributed by atoms with van der Waals surface area (Å²) in [7, 11) is 0. The molecule has 6 heteroatoms. The summed E-state index contributed by atoms with van der Waals surface area (Å²) >= 11 is 5.69. The maximum absolute atomic E-state index is 12.6. The molecule has 2 rings (SSSR count). The van der Waals surface area contributed by atoms with Gasteiger partial charge in [0.2, 0.25) is 0 Å². The van der Waals surface area contributed by atoms with Crippen molar-refractivity contribution in [1.29, 1.82) is 0 Å². The van der Waals surface area contributed by atoms with E-state index < -0.39 is 18.0 Å². The van der Waals surface area contributed by atoms with Crippen LogP contribution in [0.3, 0.4) is 0 Å². The Morgan fingerprint density at radius 3 is 2.69 bits per heavy atom. The molecule has 2 aliphatic rings. The molecule has 0 aromatic carbocycles. The number of dihydropyridines is 1. The Morgan fingerprint density at radius 1 is 1.38 bits per heavy atom. The maximum atomic E-state index is 12.6. The summed E-state index contributed by atoms with van der Waals surface area (Å²) in [4.78, 5) is 14.4. The third kappa shape index (κ3) is 1.82. The summed E-state index contributed by atoms with van der Waals surface area (Å²) in [6, 6.07) is 0. The van der Waals surface area contributed by atoms with Crippen LogP contribution >= 0.6 is 11.6 Å². The Balaban J connectivity index is 2.49. The third-order valence-electron chi connectivity index (χ3n) is 2.23. The molecule has 16 heavy (non-hydrogen) atoms. The number of aliphatic imine (C=N–C) groups is 1. The molecule has 2 nitrogen and oxygen atoms in total. The number of hydrogen-bond donors (Lipinski definition) is 0. The summed E-state index contributed by atoms with van der Waals surface area (Å²) in [5.74, 6) is -2.62. The van der Waals surface area contributed by atoms with Gasteiger partial charge < -0.3 is 0 Å². The molecule has 1 aliphatic carbocycles. The fourth-order valence-corrected chi connectivity index (χ4v) is 1.79. The molecule has 1 heterocycles. The topological polar surface area (TPSA) is 29.4 Å². The average Bonchev–Trinajstić information content (AvgIpc) is 2.15. The van der Waals surface area contributed by atoms with Crippen LogP contribution in [0, 0.1) is 5.92 Å². The molecule has 0 aromatic rings. The molecule has 1 amide bonds. The number of amides is 1. The van der Waals surface area contributed by atoms with Crippen molar-refractivity contribution in [2.75, 3.05) is 0 Å². The van der Waals surface area contributed by atoms with Crippen molar-refractivity contribution in [1.82, 2.24) is 0 Å². The molecule has 0 saturated heterocycles. The zero-order valence-corrected chi connectivity index (χ0v) is 8.51. The third-order valence-corrected chi connectivity index (χ3v) is 2.54. The molecule has 0 fully saturated rings. The zero-order valence-electron chi connectivity index (χ0n) is 7.75. The van der Waals surface area contributed by atoms with E-state index in [-0.39, 0.29) is 16.3 Å². The Morgan fingerprint density at radius 2 is 2.06 bits per heavy atom. The van der Waals surface area contributed by atoms with E-state index >= 15 is 0 Å². The highest BCUT2D eigenvalue weighted by molar-refractivity contribution is 6.39. The summed E-state index contributed by atoms with van der Waals surface area (Å²) < 4.78 is 37.9. The number of nitrogens with zero attached hydrogens (tertiary/aromatic N) is 1. The summed E-state index contributed by atoms with van der Waals surface area (Å²) in [6.07, 6.45) is 0.156. The zero-order chi connectivity index (χ0) is 11.9. The molecule has 84 valence electrons. The molecule has 1 unspecified atom stereocenters. The van der Waals surface area contributed by atoms with E-state index in [2.05, 4.69) is 4.99 Å². The fourth-order valence-electron chi connectivity index (χ4n) is 1.54.